The fraction of sp³-hybridized carbons (Fsp3) is 0.200. The van der Waals surface area contributed by atoms with E-state index in [1.54, 1.807) is 20.3 Å². The van der Waals surface area contributed by atoms with Gasteiger partial charge in [0.25, 0.3) is 0 Å². The summed E-state index contributed by atoms with van der Waals surface area (Å²) in [6.07, 6.45) is 0. The lowest BCUT2D eigenvalue weighted by molar-refractivity contribution is 0.354. The van der Waals surface area contributed by atoms with Gasteiger partial charge in [-0.2, -0.15) is 0 Å². The zero-order chi connectivity index (χ0) is 15.6. The van der Waals surface area contributed by atoms with Gasteiger partial charge in [0.1, 0.15) is 0 Å². The van der Waals surface area contributed by atoms with Crippen LogP contribution in [0.1, 0.15) is 16.0 Å². The summed E-state index contributed by atoms with van der Waals surface area (Å²) in [6, 6.07) is 9.21. The minimum absolute atomic E-state index is 0.127. The van der Waals surface area contributed by atoms with Crippen molar-refractivity contribution < 1.29 is 9.47 Å². The fourth-order valence-electron chi connectivity index (χ4n) is 1.94. The lowest BCUT2D eigenvalue weighted by Gasteiger charge is -2.17. The molecule has 2 aromatic carbocycles. The molecule has 0 N–H and O–H groups in total. The smallest absolute Gasteiger partial charge is 0.162 e. The standard InChI is InChI=1S/C15H12Br2Cl2O2/c1-20-13-6-10(12(19)7-14(13)21-2)15(17)9-5-8(18)3-4-11(9)16/h3-7,15H,1-2H3. The van der Waals surface area contributed by atoms with Crippen molar-refractivity contribution in [2.24, 2.45) is 0 Å². The molecule has 0 aliphatic heterocycles. The molecule has 112 valence electrons. The number of ether oxygens (including phenoxy) is 2. The van der Waals surface area contributed by atoms with E-state index < -0.39 is 0 Å². The van der Waals surface area contributed by atoms with E-state index in [2.05, 4.69) is 31.9 Å². The Bertz CT molecular complexity index is 662. The molecule has 0 aliphatic carbocycles. The van der Waals surface area contributed by atoms with Crippen LogP contribution in [0.3, 0.4) is 0 Å². The molecule has 0 heterocycles. The van der Waals surface area contributed by atoms with Crippen molar-refractivity contribution in [1.82, 2.24) is 0 Å². The van der Waals surface area contributed by atoms with Crippen LogP contribution in [0.2, 0.25) is 10.0 Å². The van der Waals surface area contributed by atoms with Crippen LogP contribution in [-0.2, 0) is 0 Å². The maximum Gasteiger partial charge on any atom is 0.162 e. The molecule has 2 aromatic rings. The van der Waals surface area contributed by atoms with E-state index >= 15 is 0 Å². The summed E-state index contributed by atoms with van der Waals surface area (Å²) < 4.78 is 11.5. The largest absolute Gasteiger partial charge is 0.493 e. The van der Waals surface area contributed by atoms with Crippen LogP contribution in [0.15, 0.2) is 34.8 Å². The second kappa shape index (κ2) is 7.23. The SMILES string of the molecule is COc1cc(Cl)c(C(Br)c2cc(Cl)ccc2Br)cc1OC. The second-order valence-electron chi connectivity index (χ2n) is 4.26. The Labute approximate surface area is 150 Å². The van der Waals surface area contributed by atoms with E-state index in [0.717, 1.165) is 15.6 Å². The summed E-state index contributed by atoms with van der Waals surface area (Å²) in [5, 5.41) is 1.25. The molecule has 0 aliphatic rings. The number of alkyl halides is 1. The summed E-state index contributed by atoms with van der Waals surface area (Å²) >= 11 is 19.6. The highest BCUT2D eigenvalue weighted by molar-refractivity contribution is 9.11. The number of halogens is 4. The molecule has 2 rings (SSSR count). The summed E-state index contributed by atoms with van der Waals surface area (Å²) in [6.45, 7) is 0. The Morgan fingerprint density at radius 1 is 0.952 bits per heavy atom. The number of rotatable bonds is 4. The van der Waals surface area contributed by atoms with Gasteiger partial charge in [-0.1, -0.05) is 55.1 Å². The van der Waals surface area contributed by atoms with Gasteiger partial charge in [0.2, 0.25) is 0 Å². The molecule has 0 saturated heterocycles. The Morgan fingerprint density at radius 3 is 2.19 bits per heavy atom. The van der Waals surface area contributed by atoms with Crippen LogP contribution in [0.25, 0.3) is 0 Å². The molecule has 0 fully saturated rings. The van der Waals surface area contributed by atoms with Crippen molar-refractivity contribution in [2.45, 2.75) is 4.83 Å². The highest BCUT2D eigenvalue weighted by Crippen LogP contribution is 2.43. The molecular formula is C15H12Br2Cl2O2. The number of benzene rings is 2. The maximum absolute atomic E-state index is 6.36. The lowest BCUT2D eigenvalue weighted by Crippen LogP contribution is -1.98. The average Bonchev–Trinajstić information content (AvgIpc) is 2.48. The summed E-state index contributed by atoms with van der Waals surface area (Å²) in [5.41, 5.74) is 1.86. The van der Waals surface area contributed by atoms with Gasteiger partial charge in [0, 0.05) is 20.6 Å². The van der Waals surface area contributed by atoms with Gasteiger partial charge in [-0.05, 0) is 35.4 Å². The Balaban J connectivity index is 2.52. The Morgan fingerprint density at radius 2 is 1.57 bits per heavy atom. The Kier molecular flexibility index (Phi) is 5.83. The number of hydrogen-bond donors (Lipinski definition) is 0. The van der Waals surface area contributed by atoms with Crippen LogP contribution >= 0.6 is 55.1 Å². The van der Waals surface area contributed by atoms with Gasteiger partial charge in [0.05, 0.1) is 19.0 Å². The minimum atomic E-state index is -0.127. The molecule has 0 amide bonds. The van der Waals surface area contributed by atoms with Crippen LogP contribution in [0.4, 0.5) is 0 Å². The summed E-state index contributed by atoms with van der Waals surface area (Å²) in [4.78, 5) is -0.127. The van der Waals surface area contributed by atoms with E-state index in [9.17, 15) is 0 Å². The van der Waals surface area contributed by atoms with E-state index in [-0.39, 0.29) is 4.83 Å². The van der Waals surface area contributed by atoms with Gasteiger partial charge < -0.3 is 9.47 Å². The monoisotopic (exact) mass is 452 g/mol. The highest BCUT2D eigenvalue weighted by Gasteiger charge is 2.20. The fourth-order valence-corrected chi connectivity index (χ4v) is 4.06. The Hall–Kier alpha value is -0.420. The topological polar surface area (TPSA) is 18.5 Å². The highest BCUT2D eigenvalue weighted by atomic mass is 79.9. The lowest BCUT2D eigenvalue weighted by atomic mass is 10.0. The average molecular weight is 455 g/mol. The first-order valence-electron chi connectivity index (χ1n) is 5.98. The summed E-state index contributed by atoms with van der Waals surface area (Å²) in [5.74, 6) is 1.22. The van der Waals surface area contributed by atoms with E-state index in [1.807, 2.05) is 24.3 Å². The molecule has 1 unspecified atom stereocenters. The molecule has 21 heavy (non-hydrogen) atoms. The molecule has 0 aromatic heterocycles. The van der Waals surface area contributed by atoms with Crippen LogP contribution in [0, 0.1) is 0 Å². The molecule has 0 spiro atoms. The predicted octanol–water partition coefficient (Wildman–Crippen LogP) is 6.26. The van der Waals surface area contributed by atoms with Crippen molar-refractivity contribution in [3.05, 3.63) is 56.0 Å². The first-order chi connectivity index (χ1) is 9.97. The zero-order valence-corrected chi connectivity index (χ0v) is 16.0. The van der Waals surface area contributed by atoms with Crippen molar-refractivity contribution in [1.29, 1.82) is 0 Å². The quantitative estimate of drug-likeness (QED) is 0.508. The van der Waals surface area contributed by atoms with Gasteiger partial charge in [-0.25, -0.2) is 0 Å². The van der Waals surface area contributed by atoms with Gasteiger partial charge in [-0.15, -0.1) is 0 Å². The normalized spacial score (nSPS) is 12.1. The van der Waals surface area contributed by atoms with Crippen LogP contribution < -0.4 is 9.47 Å². The van der Waals surface area contributed by atoms with Gasteiger partial charge >= 0.3 is 0 Å². The molecule has 6 heteroatoms. The maximum atomic E-state index is 6.36. The first kappa shape index (κ1) is 16.9. The third-order valence-corrected chi connectivity index (χ3v) is 5.28. The molecule has 2 nitrogen and oxygen atoms in total. The van der Waals surface area contributed by atoms with Crippen molar-refractivity contribution in [2.75, 3.05) is 14.2 Å². The van der Waals surface area contributed by atoms with Gasteiger partial charge in [0.15, 0.2) is 11.5 Å². The number of hydrogen-bond acceptors (Lipinski definition) is 2. The molecule has 0 bridgehead atoms. The zero-order valence-electron chi connectivity index (χ0n) is 11.3. The van der Waals surface area contributed by atoms with Crippen molar-refractivity contribution >= 4 is 55.1 Å². The van der Waals surface area contributed by atoms with Crippen molar-refractivity contribution in [3.8, 4) is 11.5 Å². The van der Waals surface area contributed by atoms with E-state index in [1.165, 1.54) is 0 Å². The minimum Gasteiger partial charge on any atom is -0.493 e. The molecule has 0 radical (unpaired) electrons. The third kappa shape index (κ3) is 3.67. The van der Waals surface area contributed by atoms with E-state index in [0.29, 0.717) is 21.5 Å². The molecular weight excluding hydrogens is 443 g/mol. The number of methoxy groups -OCH3 is 2. The predicted molar refractivity (Wildman–Crippen MR) is 94.5 cm³/mol. The first-order valence-corrected chi connectivity index (χ1v) is 8.44. The molecule has 0 saturated carbocycles. The van der Waals surface area contributed by atoms with E-state index in [4.69, 9.17) is 32.7 Å². The second-order valence-corrected chi connectivity index (χ2v) is 6.87. The van der Waals surface area contributed by atoms with Gasteiger partial charge in [-0.3, -0.25) is 0 Å². The van der Waals surface area contributed by atoms with Crippen LogP contribution in [-0.4, -0.2) is 14.2 Å². The van der Waals surface area contributed by atoms with Crippen molar-refractivity contribution in [3.63, 3.8) is 0 Å². The summed E-state index contributed by atoms with van der Waals surface area (Å²) in [7, 11) is 3.17. The van der Waals surface area contributed by atoms with Crippen LogP contribution in [0.5, 0.6) is 11.5 Å². The molecule has 1 atom stereocenters. The third-order valence-electron chi connectivity index (χ3n) is 3.01.